The van der Waals surface area contributed by atoms with E-state index in [4.69, 9.17) is 21.1 Å². The summed E-state index contributed by atoms with van der Waals surface area (Å²) in [5, 5.41) is 0.548. The van der Waals surface area contributed by atoms with Gasteiger partial charge in [-0.05, 0) is 31.5 Å². The number of hydrogen-bond acceptors (Lipinski definition) is 3. The maximum absolute atomic E-state index is 12.9. The van der Waals surface area contributed by atoms with E-state index in [-0.39, 0.29) is 19.8 Å². The lowest BCUT2D eigenvalue weighted by Gasteiger charge is -2.34. The molecule has 0 bridgehead atoms. The van der Waals surface area contributed by atoms with Crippen molar-refractivity contribution >= 4 is 11.6 Å². The largest absolute Gasteiger partial charge is 0.467 e. The molecular formula is C15H17ClF3NO2. The minimum absolute atomic E-state index is 0.0291. The molecule has 0 aromatic heterocycles. The van der Waals surface area contributed by atoms with Gasteiger partial charge in [-0.15, -0.1) is 0 Å². The molecular weight excluding hydrogens is 319 g/mol. The molecule has 3 rings (SSSR count). The van der Waals surface area contributed by atoms with Gasteiger partial charge in [0.05, 0.1) is 12.5 Å². The first-order valence-corrected chi connectivity index (χ1v) is 7.62. The highest BCUT2D eigenvalue weighted by Crippen LogP contribution is 2.36. The second-order valence-corrected chi connectivity index (χ2v) is 6.22. The lowest BCUT2D eigenvalue weighted by molar-refractivity contribution is -0.187. The van der Waals surface area contributed by atoms with E-state index in [0.29, 0.717) is 36.9 Å². The molecule has 1 aromatic carbocycles. The van der Waals surface area contributed by atoms with Crippen LogP contribution in [-0.2, 0) is 17.9 Å². The first kappa shape index (κ1) is 15.9. The van der Waals surface area contributed by atoms with Crippen molar-refractivity contribution in [3.05, 3.63) is 28.3 Å². The first-order valence-electron chi connectivity index (χ1n) is 7.24. The van der Waals surface area contributed by atoms with E-state index >= 15 is 0 Å². The summed E-state index contributed by atoms with van der Waals surface area (Å²) in [4.78, 5) is 1.83. The summed E-state index contributed by atoms with van der Waals surface area (Å²) in [5.74, 6) is -0.551. The van der Waals surface area contributed by atoms with Gasteiger partial charge in [0.2, 0.25) is 0 Å². The highest BCUT2D eigenvalue weighted by atomic mass is 35.5. The average molecular weight is 336 g/mol. The van der Waals surface area contributed by atoms with Crippen LogP contribution in [0.5, 0.6) is 5.75 Å². The fourth-order valence-corrected chi connectivity index (χ4v) is 3.34. The Bertz CT molecular complexity index is 550. The SMILES string of the molecule is FC(F)(F)C1CCCN(Cc2cc(Cl)cc3c2OCOC3)C1. The van der Waals surface area contributed by atoms with Gasteiger partial charge in [0.25, 0.3) is 0 Å². The van der Waals surface area contributed by atoms with E-state index in [1.54, 1.807) is 12.1 Å². The third kappa shape index (κ3) is 3.50. The van der Waals surface area contributed by atoms with Crippen molar-refractivity contribution < 1.29 is 22.6 Å². The lowest BCUT2D eigenvalue weighted by Crippen LogP contribution is -2.41. The molecule has 1 aromatic rings. The van der Waals surface area contributed by atoms with Crippen LogP contribution in [0.1, 0.15) is 24.0 Å². The third-order valence-corrected chi connectivity index (χ3v) is 4.33. The molecule has 0 N–H and O–H groups in total. The molecule has 0 spiro atoms. The van der Waals surface area contributed by atoms with Crippen LogP contribution in [-0.4, -0.2) is 31.0 Å². The number of halogens is 4. The second-order valence-electron chi connectivity index (χ2n) is 5.78. The molecule has 0 radical (unpaired) electrons. The summed E-state index contributed by atoms with van der Waals surface area (Å²) in [6.45, 7) is 1.67. The van der Waals surface area contributed by atoms with Gasteiger partial charge in [-0.1, -0.05) is 11.6 Å². The smallest absolute Gasteiger partial charge is 0.393 e. The number of nitrogens with zero attached hydrogens (tertiary/aromatic N) is 1. The van der Waals surface area contributed by atoms with Crippen LogP contribution < -0.4 is 4.74 Å². The van der Waals surface area contributed by atoms with Crippen molar-refractivity contribution in [3.8, 4) is 5.75 Å². The topological polar surface area (TPSA) is 21.7 Å². The van der Waals surface area contributed by atoms with Crippen LogP contribution in [0.4, 0.5) is 13.2 Å². The Labute approximate surface area is 131 Å². The lowest BCUT2D eigenvalue weighted by atomic mass is 9.96. The summed E-state index contributed by atoms with van der Waals surface area (Å²) >= 11 is 6.09. The van der Waals surface area contributed by atoms with Crippen molar-refractivity contribution in [1.29, 1.82) is 0 Å². The van der Waals surface area contributed by atoms with Crippen LogP contribution >= 0.6 is 11.6 Å². The predicted octanol–water partition coefficient (Wildman–Crippen LogP) is 3.98. The molecule has 0 saturated carbocycles. The van der Waals surface area contributed by atoms with Gasteiger partial charge < -0.3 is 9.47 Å². The maximum Gasteiger partial charge on any atom is 0.393 e. The Morgan fingerprint density at radius 3 is 2.91 bits per heavy atom. The molecule has 1 unspecified atom stereocenters. The van der Waals surface area contributed by atoms with Crippen LogP contribution in [0.2, 0.25) is 5.02 Å². The van der Waals surface area contributed by atoms with E-state index in [0.717, 1.165) is 11.1 Å². The van der Waals surface area contributed by atoms with E-state index in [1.807, 2.05) is 4.90 Å². The monoisotopic (exact) mass is 335 g/mol. The highest BCUT2D eigenvalue weighted by Gasteiger charge is 2.41. The fourth-order valence-electron chi connectivity index (χ4n) is 3.08. The van der Waals surface area contributed by atoms with Crippen molar-refractivity contribution in [2.75, 3.05) is 19.9 Å². The first-order chi connectivity index (χ1) is 10.4. The quantitative estimate of drug-likeness (QED) is 0.816. The third-order valence-electron chi connectivity index (χ3n) is 4.11. The Morgan fingerprint density at radius 2 is 2.14 bits per heavy atom. The van der Waals surface area contributed by atoms with Crippen LogP contribution in [0.25, 0.3) is 0 Å². The maximum atomic E-state index is 12.9. The van der Waals surface area contributed by atoms with Gasteiger partial charge >= 0.3 is 6.18 Å². The van der Waals surface area contributed by atoms with Crippen molar-refractivity contribution in [2.45, 2.75) is 32.2 Å². The van der Waals surface area contributed by atoms with Crippen LogP contribution in [0.15, 0.2) is 12.1 Å². The van der Waals surface area contributed by atoms with Crippen molar-refractivity contribution in [3.63, 3.8) is 0 Å². The van der Waals surface area contributed by atoms with E-state index < -0.39 is 12.1 Å². The van der Waals surface area contributed by atoms with Crippen molar-refractivity contribution in [2.24, 2.45) is 5.92 Å². The number of piperidine rings is 1. The van der Waals surface area contributed by atoms with Gasteiger partial charge in [0, 0.05) is 29.2 Å². The highest BCUT2D eigenvalue weighted by molar-refractivity contribution is 6.30. The number of likely N-dealkylation sites (tertiary alicyclic amines) is 1. The molecule has 1 fully saturated rings. The number of hydrogen-bond donors (Lipinski definition) is 0. The molecule has 0 aliphatic carbocycles. The molecule has 2 aliphatic heterocycles. The molecule has 0 amide bonds. The van der Waals surface area contributed by atoms with Crippen LogP contribution in [0.3, 0.4) is 0 Å². The number of alkyl halides is 3. The molecule has 2 heterocycles. The second kappa shape index (κ2) is 6.26. The number of rotatable bonds is 2. The Morgan fingerprint density at radius 1 is 1.32 bits per heavy atom. The minimum Gasteiger partial charge on any atom is -0.467 e. The molecule has 3 nitrogen and oxygen atoms in total. The van der Waals surface area contributed by atoms with Gasteiger partial charge in [-0.25, -0.2) is 0 Å². The van der Waals surface area contributed by atoms with E-state index in [1.165, 1.54) is 0 Å². The zero-order valence-electron chi connectivity index (χ0n) is 12.0. The zero-order valence-corrected chi connectivity index (χ0v) is 12.7. The normalized spacial score (nSPS) is 23.0. The molecule has 122 valence electrons. The van der Waals surface area contributed by atoms with Crippen LogP contribution in [0, 0.1) is 5.92 Å². The Hall–Kier alpha value is -0.980. The summed E-state index contributed by atoms with van der Waals surface area (Å²) in [6, 6.07) is 3.54. The number of fused-ring (bicyclic) bond motifs is 1. The van der Waals surface area contributed by atoms with Gasteiger partial charge in [-0.3, -0.25) is 4.90 Å². The standard InChI is InChI=1S/C15H17ClF3NO2/c16-13-4-10(14-11(5-13)8-21-9-22-14)6-20-3-1-2-12(7-20)15(17,18)19/h4-5,12H,1-3,6-9H2. The van der Waals surface area contributed by atoms with E-state index in [9.17, 15) is 13.2 Å². The minimum atomic E-state index is -4.13. The predicted molar refractivity (Wildman–Crippen MR) is 75.8 cm³/mol. The number of benzene rings is 1. The Kier molecular flexibility index (Phi) is 4.52. The summed E-state index contributed by atoms with van der Waals surface area (Å²) < 4.78 is 49.4. The van der Waals surface area contributed by atoms with E-state index in [2.05, 4.69) is 0 Å². The summed E-state index contributed by atoms with van der Waals surface area (Å²) in [6.07, 6.45) is -3.37. The summed E-state index contributed by atoms with van der Waals surface area (Å²) in [5.41, 5.74) is 1.67. The molecule has 2 aliphatic rings. The number of ether oxygens (including phenoxy) is 2. The van der Waals surface area contributed by atoms with Gasteiger partial charge in [0.1, 0.15) is 5.75 Å². The fraction of sp³-hybridized carbons (Fsp3) is 0.600. The molecule has 7 heteroatoms. The van der Waals surface area contributed by atoms with Gasteiger partial charge in [0.15, 0.2) is 6.79 Å². The Balaban J connectivity index is 1.77. The zero-order chi connectivity index (χ0) is 15.7. The van der Waals surface area contributed by atoms with Gasteiger partial charge in [-0.2, -0.15) is 13.2 Å². The van der Waals surface area contributed by atoms with Crippen molar-refractivity contribution in [1.82, 2.24) is 4.90 Å². The summed E-state index contributed by atoms with van der Waals surface area (Å²) in [7, 11) is 0. The molecule has 1 atom stereocenters. The average Bonchev–Trinajstić information content (AvgIpc) is 2.46. The molecule has 1 saturated heterocycles. The molecule has 22 heavy (non-hydrogen) atoms.